The number of ether oxygens (including phenoxy) is 2. The van der Waals surface area contributed by atoms with E-state index in [1.54, 1.807) is 0 Å². The van der Waals surface area contributed by atoms with Gasteiger partial charge in [0.15, 0.2) is 0 Å². The second-order valence-electron chi connectivity index (χ2n) is 15.4. The van der Waals surface area contributed by atoms with Crippen molar-refractivity contribution in [2.24, 2.45) is 34.5 Å². The van der Waals surface area contributed by atoms with Crippen molar-refractivity contribution in [3.05, 3.63) is 0 Å². The van der Waals surface area contributed by atoms with E-state index in [2.05, 4.69) is 23.6 Å². The Morgan fingerprint density at radius 1 is 0.707 bits per heavy atom. The molecule has 41 heavy (non-hydrogen) atoms. The largest absolute Gasteiger partial charge is 0.461 e. The van der Waals surface area contributed by atoms with Crippen LogP contribution in [0.25, 0.3) is 0 Å². The number of esters is 2. The number of hydrogen-bond acceptors (Lipinski definition) is 6. The minimum absolute atomic E-state index is 0.0130. The van der Waals surface area contributed by atoms with E-state index < -0.39 is 0 Å². The first-order valence-corrected chi connectivity index (χ1v) is 17.7. The van der Waals surface area contributed by atoms with Gasteiger partial charge in [0.2, 0.25) is 0 Å². The van der Waals surface area contributed by atoms with Gasteiger partial charge in [0.1, 0.15) is 12.2 Å². The smallest absolute Gasteiger partial charge is 0.305 e. The summed E-state index contributed by atoms with van der Waals surface area (Å²) in [5, 5.41) is 0. The maximum absolute atomic E-state index is 12.8. The van der Waals surface area contributed by atoms with Gasteiger partial charge < -0.3 is 9.47 Å². The molecule has 232 valence electrons. The molecule has 4 saturated carbocycles. The first-order valence-electron chi connectivity index (χ1n) is 17.7. The molecule has 0 bridgehead atoms. The fourth-order valence-electron chi connectivity index (χ4n) is 11.2. The molecule has 2 saturated heterocycles. The van der Waals surface area contributed by atoms with Gasteiger partial charge in [-0.25, -0.2) is 0 Å². The molecule has 0 unspecified atom stereocenters. The third-order valence-corrected chi connectivity index (χ3v) is 13.4. The molecule has 2 aliphatic heterocycles. The summed E-state index contributed by atoms with van der Waals surface area (Å²) in [5.74, 6) is 2.66. The zero-order valence-electron chi connectivity index (χ0n) is 26.6. The van der Waals surface area contributed by atoms with Gasteiger partial charge >= 0.3 is 11.9 Å². The van der Waals surface area contributed by atoms with Crippen molar-refractivity contribution in [1.29, 1.82) is 0 Å². The molecule has 6 fully saturated rings. The molecule has 6 nitrogen and oxygen atoms in total. The Balaban J connectivity index is 1.27. The van der Waals surface area contributed by atoms with Crippen LogP contribution in [0, 0.1) is 34.5 Å². The minimum Gasteiger partial charge on any atom is -0.461 e. The van der Waals surface area contributed by atoms with Gasteiger partial charge in [0.25, 0.3) is 0 Å². The molecule has 0 N–H and O–H groups in total. The lowest BCUT2D eigenvalue weighted by molar-refractivity contribution is -0.181. The summed E-state index contributed by atoms with van der Waals surface area (Å²) in [6.45, 7) is 13.6. The van der Waals surface area contributed by atoms with Crippen molar-refractivity contribution in [1.82, 2.24) is 9.80 Å². The van der Waals surface area contributed by atoms with Crippen molar-refractivity contribution >= 4 is 11.9 Å². The zero-order valence-corrected chi connectivity index (χ0v) is 26.6. The van der Waals surface area contributed by atoms with E-state index in [1.165, 1.54) is 77.0 Å². The number of nitrogens with zero attached hydrogens (tertiary/aromatic N) is 2. The molecule has 0 aromatic rings. The van der Waals surface area contributed by atoms with E-state index >= 15 is 0 Å². The predicted molar refractivity (Wildman–Crippen MR) is 161 cm³/mol. The van der Waals surface area contributed by atoms with Crippen LogP contribution in [0.4, 0.5) is 0 Å². The lowest BCUT2D eigenvalue weighted by Gasteiger charge is -2.62. The molecule has 0 amide bonds. The van der Waals surface area contributed by atoms with Crippen molar-refractivity contribution in [3.8, 4) is 0 Å². The molecular formula is C35H58N2O4. The number of likely N-dealkylation sites (tertiary alicyclic amines) is 2. The molecule has 10 atom stereocenters. The van der Waals surface area contributed by atoms with Gasteiger partial charge in [-0.05, 0) is 126 Å². The Morgan fingerprint density at radius 2 is 1.32 bits per heavy atom. The maximum Gasteiger partial charge on any atom is 0.305 e. The summed E-state index contributed by atoms with van der Waals surface area (Å²) < 4.78 is 12.7. The van der Waals surface area contributed by atoms with Crippen LogP contribution in [0.5, 0.6) is 0 Å². The summed E-state index contributed by atoms with van der Waals surface area (Å²) in [4.78, 5) is 30.7. The van der Waals surface area contributed by atoms with Crippen molar-refractivity contribution in [2.75, 3.05) is 26.2 Å². The Bertz CT molecular complexity index is 944. The van der Waals surface area contributed by atoms with E-state index in [9.17, 15) is 9.59 Å². The highest BCUT2D eigenvalue weighted by Gasteiger charge is 2.65. The number of hydrogen-bond donors (Lipinski definition) is 0. The molecule has 0 aromatic carbocycles. The van der Waals surface area contributed by atoms with Crippen molar-refractivity contribution in [3.63, 3.8) is 0 Å². The molecule has 4 aliphatic carbocycles. The van der Waals surface area contributed by atoms with E-state index in [0.717, 1.165) is 38.5 Å². The molecule has 6 rings (SSSR count). The topological polar surface area (TPSA) is 59.1 Å². The van der Waals surface area contributed by atoms with Crippen LogP contribution in [0.15, 0.2) is 0 Å². The average molecular weight is 571 g/mol. The van der Waals surface area contributed by atoms with E-state index in [-0.39, 0.29) is 29.6 Å². The quantitative estimate of drug-likeness (QED) is 0.335. The standard InChI is InChI=1S/C35H58N2O4/c1-5-31(38)40-30-21-24-13-14-25-26(35(24,4)23-29(30)37-19-11-8-12-20-37)15-16-34(3)27(25)22-28(33(34)41-32(39)6-2)36-17-9-7-10-18-36/h24-30,33H,5-23H2,1-4H3/t24-,25+,26-,27-,28-,29-,30-,33+,34-,35-/m0/s1. The Morgan fingerprint density at radius 3 is 1.95 bits per heavy atom. The molecule has 6 heteroatoms. The lowest BCUT2D eigenvalue weighted by atomic mass is 9.44. The number of rotatable bonds is 6. The fraction of sp³-hybridized carbons (Fsp3) is 0.943. The summed E-state index contributed by atoms with van der Waals surface area (Å²) in [6, 6.07) is 0.748. The molecule has 2 heterocycles. The first kappa shape index (κ1) is 29.9. The van der Waals surface area contributed by atoms with Gasteiger partial charge in [-0.3, -0.25) is 19.4 Å². The molecular weight excluding hydrogens is 512 g/mol. The van der Waals surface area contributed by atoms with Crippen molar-refractivity contribution < 1.29 is 19.1 Å². The third-order valence-electron chi connectivity index (χ3n) is 13.4. The van der Waals surface area contributed by atoms with E-state index in [0.29, 0.717) is 48.1 Å². The first-order chi connectivity index (χ1) is 19.8. The number of carbonyl (C=O) groups excluding carboxylic acids is 2. The average Bonchev–Trinajstić information content (AvgIpc) is 3.29. The lowest BCUT2D eigenvalue weighted by Crippen LogP contribution is -2.61. The summed E-state index contributed by atoms with van der Waals surface area (Å²) in [5.41, 5.74) is 0.373. The summed E-state index contributed by atoms with van der Waals surface area (Å²) >= 11 is 0. The Hall–Kier alpha value is -1.14. The van der Waals surface area contributed by atoms with Gasteiger partial charge in [-0.2, -0.15) is 0 Å². The van der Waals surface area contributed by atoms with Crippen LogP contribution in [0.3, 0.4) is 0 Å². The van der Waals surface area contributed by atoms with Crippen LogP contribution in [0.2, 0.25) is 0 Å². The monoisotopic (exact) mass is 570 g/mol. The molecule has 6 aliphatic rings. The van der Waals surface area contributed by atoms with Gasteiger partial charge in [0.05, 0.1) is 0 Å². The van der Waals surface area contributed by atoms with Crippen LogP contribution in [-0.2, 0) is 19.1 Å². The molecule has 0 radical (unpaired) electrons. The van der Waals surface area contributed by atoms with Gasteiger partial charge in [0, 0.05) is 30.3 Å². The third kappa shape index (κ3) is 5.40. The van der Waals surface area contributed by atoms with Gasteiger partial charge in [-0.15, -0.1) is 0 Å². The molecule has 0 spiro atoms. The summed E-state index contributed by atoms with van der Waals surface area (Å²) in [6.07, 6.45) is 17.2. The number of piperidine rings is 2. The highest BCUT2D eigenvalue weighted by Crippen LogP contribution is 2.67. The maximum atomic E-state index is 12.8. The minimum atomic E-state index is -0.0230. The second kappa shape index (κ2) is 12.1. The highest BCUT2D eigenvalue weighted by molar-refractivity contribution is 5.69. The fourth-order valence-corrected chi connectivity index (χ4v) is 11.2. The summed E-state index contributed by atoms with van der Waals surface area (Å²) in [7, 11) is 0. The predicted octanol–water partition coefficient (Wildman–Crippen LogP) is 6.60. The normalized spacial score (nSPS) is 45.3. The van der Waals surface area contributed by atoms with Crippen LogP contribution >= 0.6 is 0 Å². The van der Waals surface area contributed by atoms with Crippen LogP contribution < -0.4 is 0 Å². The van der Waals surface area contributed by atoms with Crippen LogP contribution in [-0.4, -0.2) is 72.2 Å². The Labute approximate surface area is 249 Å². The number of fused-ring (bicyclic) bond motifs is 5. The SMILES string of the molecule is CCC(=O)O[C@H]1C[C@@H]2CC[C@@H]3[C@H](CC[C@]4(C)[C@H](OC(=O)CC)[C@@H](N5CCCCC5)C[C@@H]34)[C@@]2(C)C[C@@H]1N1CCCCC1. The second-order valence-corrected chi connectivity index (χ2v) is 15.4. The zero-order chi connectivity index (χ0) is 28.8. The van der Waals surface area contributed by atoms with Gasteiger partial charge in [-0.1, -0.05) is 40.5 Å². The van der Waals surface area contributed by atoms with E-state index in [1.807, 2.05) is 13.8 Å². The Kier molecular flexibility index (Phi) is 8.82. The highest BCUT2D eigenvalue weighted by atomic mass is 16.5. The molecule has 0 aromatic heterocycles. The number of carbonyl (C=O) groups is 2. The van der Waals surface area contributed by atoms with Crippen LogP contribution in [0.1, 0.15) is 124 Å². The van der Waals surface area contributed by atoms with E-state index in [4.69, 9.17) is 9.47 Å². The van der Waals surface area contributed by atoms with Crippen molar-refractivity contribution in [2.45, 2.75) is 148 Å².